The smallest absolute Gasteiger partial charge is 0.254 e. The minimum absolute atomic E-state index is 0.0713. The van der Waals surface area contributed by atoms with Gasteiger partial charge in [-0.15, -0.1) is 0 Å². The molecule has 1 amide bonds. The number of rotatable bonds is 11. The monoisotopic (exact) mass is 663 g/mol. The van der Waals surface area contributed by atoms with Crippen LogP contribution in [0.3, 0.4) is 0 Å². The predicted molar refractivity (Wildman–Crippen MR) is 185 cm³/mol. The molecular formula is C36H31ClFN7O3. The number of fused-ring (bicyclic) bond motifs is 1. The molecule has 3 heterocycles. The predicted octanol–water partition coefficient (Wildman–Crippen LogP) is 7.21. The Bertz CT molecular complexity index is 2030. The van der Waals surface area contributed by atoms with E-state index in [-0.39, 0.29) is 17.3 Å². The number of ether oxygens (including phenoxy) is 2. The Morgan fingerprint density at radius 2 is 1.52 bits per heavy atom. The minimum atomic E-state index is -0.545. The fraction of sp³-hybridized carbons (Fsp3) is 0.139. The lowest BCUT2D eigenvalue weighted by Gasteiger charge is -2.25. The standard InChI is InChI=1S/C36H31ClFN7O3/c1-39-36(46)29-19-40-17-16-31(29)41-33-27-13-15-32(42-34(27)44-35(43-33)28-18-24(37)8-14-30(28)38)45(20-22-4-9-25(47-2)10-5-22)21-23-6-11-26(48-3)12-7-23/h4-19H,20-21H2,1-3H3,(H,39,46)(H,40,41,42,43,44). The molecule has 0 unspecified atom stereocenters. The Hall–Kier alpha value is -5.81. The maximum absolute atomic E-state index is 15.2. The highest BCUT2D eigenvalue weighted by Gasteiger charge is 2.19. The van der Waals surface area contributed by atoms with E-state index in [9.17, 15) is 4.79 Å². The number of nitrogens with zero attached hydrogens (tertiary/aromatic N) is 5. The number of pyridine rings is 2. The number of aromatic nitrogens is 4. The van der Waals surface area contributed by atoms with Crippen LogP contribution in [-0.2, 0) is 13.1 Å². The minimum Gasteiger partial charge on any atom is -0.497 e. The van der Waals surface area contributed by atoms with Crippen molar-refractivity contribution in [1.29, 1.82) is 0 Å². The largest absolute Gasteiger partial charge is 0.497 e. The highest BCUT2D eigenvalue weighted by molar-refractivity contribution is 6.30. The van der Waals surface area contributed by atoms with Gasteiger partial charge in [-0.3, -0.25) is 9.78 Å². The normalized spacial score (nSPS) is 10.9. The summed E-state index contributed by atoms with van der Waals surface area (Å²) in [6.07, 6.45) is 3.01. The number of carbonyl (C=O) groups excluding carboxylic acids is 1. The second kappa shape index (κ2) is 14.3. The van der Waals surface area contributed by atoms with Crippen LogP contribution < -0.4 is 25.0 Å². The second-order valence-electron chi connectivity index (χ2n) is 10.7. The van der Waals surface area contributed by atoms with Crippen molar-refractivity contribution in [2.45, 2.75) is 13.1 Å². The Morgan fingerprint density at radius 1 is 0.854 bits per heavy atom. The Balaban J connectivity index is 1.48. The summed E-state index contributed by atoms with van der Waals surface area (Å²) in [4.78, 5) is 33.2. The molecule has 0 fully saturated rings. The van der Waals surface area contributed by atoms with Crippen molar-refractivity contribution in [3.8, 4) is 22.9 Å². The molecule has 0 spiro atoms. The number of nitrogens with one attached hydrogen (secondary N) is 2. The van der Waals surface area contributed by atoms with Crippen LogP contribution in [0.2, 0.25) is 5.02 Å². The van der Waals surface area contributed by atoms with Gasteiger partial charge in [0.15, 0.2) is 11.5 Å². The molecule has 10 nitrogen and oxygen atoms in total. The summed E-state index contributed by atoms with van der Waals surface area (Å²) in [7, 11) is 4.80. The Kier molecular flexibility index (Phi) is 9.58. The summed E-state index contributed by atoms with van der Waals surface area (Å²) >= 11 is 6.26. The molecule has 0 aliphatic heterocycles. The van der Waals surface area contributed by atoms with Gasteiger partial charge >= 0.3 is 0 Å². The van der Waals surface area contributed by atoms with Gasteiger partial charge in [-0.05, 0) is 71.8 Å². The lowest BCUT2D eigenvalue weighted by Crippen LogP contribution is -2.23. The van der Waals surface area contributed by atoms with Gasteiger partial charge in [-0.1, -0.05) is 35.9 Å². The number of carbonyl (C=O) groups is 1. The molecule has 48 heavy (non-hydrogen) atoms. The summed E-state index contributed by atoms with van der Waals surface area (Å²) in [6.45, 7) is 1.04. The third kappa shape index (κ3) is 7.11. The molecule has 0 saturated carbocycles. The molecule has 0 aliphatic rings. The van der Waals surface area contributed by atoms with E-state index < -0.39 is 5.82 Å². The SMILES string of the molecule is CNC(=O)c1cnccc1Nc1nc(-c2cc(Cl)ccc2F)nc2nc(N(Cc3ccc(OC)cc3)Cc3ccc(OC)cc3)ccc12. The van der Waals surface area contributed by atoms with E-state index >= 15 is 4.39 Å². The lowest BCUT2D eigenvalue weighted by molar-refractivity contribution is 0.0963. The molecule has 2 N–H and O–H groups in total. The summed E-state index contributed by atoms with van der Waals surface area (Å²) in [6, 6.07) is 25.3. The fourth-order valence-corrected chi connectivity index (χ4v) is 5.30. The number of hydrogen-bond donors (Lipinski definition) is 2. The van der Waals surface area contributed by atoms with Gasteiger partial charge in [-0.25, -0.2) is 19.3 Å². The van der Waals surface area contributed by atoms with Crippen molar-refractivity contribution < 1.29 is 18.7 Å². The second-order valence-corrected chi connectivity index (χ2v) is 11.2. The molecule has 0 atom stereocenters. The number of methoxy groups -OCH3 is 2. The maximum atomic E-state index is 15.2. The van der Waals surface area contributed by atoms with E-state index in [2.05, 4.69) is 25.5 Å². The first-order valence-electron chi connectivity index (χ1n) is 14.9. The first kappa shape index (κ1) is 32.1. The molecule has 0 aliphatic carbocycles. The van der Waals surface area contributed by atoms with Crippen molar-refractivity contribution in [2.75, 3.05) is 31.5 Å². The van der Waals surface area contributed by atoms with Crippen LogP contribution in [-0.4, -0.2) is 47.1 Å². The van der Waals surface area contributed by atoms with Gasteiger partial charge in [0.05, 0.1) is 36.4 Å². The fourth-order valence-electron chi connectivity index (χ4n) is 5.13. The summed E-state index contributed by atoms with van der Waals surface area (Å²) in [5, 5.41) is 6.74. The first-order chi connectivity index (χ1) is 23.3. The van der Waals surface area contributed by atoms with Crippen LogP contribution >= 0.6 is 11.6 Å². The molecule has 0 bridgehead atoms. The third-order valence-electron chi connectivity index (χ3n) is 7.65. The van der Waals surface area contributed by atoms with Crippen LogP contribution in [0.5, 0.6) is 11.5 Å². The van der Waals surface area contributed by atoms with Crippen LogP contribution in [0.25, 0.3) is 22.4 Å². The summed E-state index contributed by atoms with van der Waals surface area (Å²) in [5.74, 6) is 1.66. The van der Waals surface area contributed by atoms with E-state index in [1.807, 2.05) is 60.7 Å². The van der Waals surface area contributed by atoms with Gasteiger partial charge < -0.3 is 25.0 Å². The van der Waals surface area contributed by atoms with E-state index in [1.165, 1.54) is 31.4 Å². The quantitative estimate of drug-likeness (QED) is 0.148. The van der Waals surface area contributed by atoms with Crippen molar-refractivity contribution in [3.63, 3.8) is 0 Å². The highest BCUT2D eigenvalue weighted by Crippen LogP contribution is 2.32. The zero-order valence-corrected chi connectivity index (χ0v) is 27.1. The average molecular weight is 664 g/mol. The highest BCUT2D eigenvalue weighted by atomic mass is 35.5. The van der Waals surface area contributed by atoms with E-state index in [0.717, 1.165) is 22.6 Å². The number of anilines is 3. The zero-order valence-electron chi connectivity index (χ0n) is 26.4. The van der Waals surface area contributed by atoms with Crippen LogP contribution in [0.4, 0.5) is 21.7 Å². The molecule has 0 radical (unpaired) electrons. The van der Waals surface area contributed by atoms with Crippen LogP contribution in [0, 0.1) is 5.82 Å². The maximum Gasteiger partial charge on any atom is 0.254 e. The van der Waals surface area contributed by atoms with Gasteiger partial charge in [0, 0.05) is 37.6 Å². The molecule has 3 aromatic heterocycles. The summed E-state index contributed by atoms with van der Waals surface area (Å²) < 4.78 is 25.9. The zero-order chi connectivity index (χ0) is 33.6. The molecule has 12 heteroatoms. The van der Waals surface area contributed by atoms with Crippen LogP contribution in [0.1, 0.15) is 21.5 Å². The average Bonchev–Trinajstić information content (AvgIpc) is 3.12. The Labute approximate surface area is 281 Å². The van der Waals surface area contributed by atoms with E-state index in [4.69, 9.17) is 31.0 Å². The van der Waals surface area contributed by atoms with Crippen LogP contribution in [0.15, 0.2) is 97.3 Å². The van der Waals surface area contributed by atoms with Gasteiger partial charge in [-0.2, -0.15) is 0 Å². The number of halogens is 2. The van der Waals surface area contributed by atoms with Gasteiger partial charge in [0.25, 0.3) is 5.91 Å². The first-order valence-corrected chi connectivity index (χ1v) is 15.3. The Morgan fingerprint density at radius 3 is 2.15 bits per heavy atom. The molecule has 0 saturated heterocycles. The van der Waals surface area contributed by atoms with E-state index in [0.29, 0.717) is 52.0 Å². The number of hydrogen-bond acceptors (Lipinski definition) is 9. The van der Waals surface area contributed by atoms with Crippen molar-refractivity contribution in [2.24, 2.45) is 0 Å². The summed E-state index contributed by atoms with van der Waals surface area (Å²) in [5.41, 5.74) is 3.25. The topological polar surface area (TPSA) is 114 Å². The molecule has 3 aromatic carbocycles. The third-order valence-corrected chi connectivity index (χ3v) is 7.88. The van der Waals surface area contributed by atoms with E-state index in [1.54, 1.807) is 26.5 Å². The number of benzene rings is 3. The van der Waals surface area contributed by atoms with Gasteiger partial charge in [0.2, 0.25) is 0 Å². The molecular weight excluding hydrogens is 633 g/mol. The lowest BCUT2D eigenvalue weighted by atomic mass is 10.1. The van der Waals surface area contributed by atoms with Gasteiger partial charge in [0.1, 0.15) is 29.0 Å². The van der Waals surface area contributed by atoms with Crippen molar-refractivity contribution in [1.82, 2.24) is 25.3 Å². The number of amides is 1. The van der Waals surface area contributed by atoms with Crippen molar-refractivity contribution >= 4 is 45.9 Å². The van der Waals surface area contributed by atoms with Crippen molar-refractivity contribution in [3.05, 3.63) is 125 Å². The molecule has 6 rings (SSSR count). The molecule has 6 aromatic rings. The molecule has 242 valence electrons.